The molecule has 2 atom stereocenters. The Morgan fingerprint density at radius 3 is 2.57 bits per heavy atom. The molecule has 21 heavy (non-hydrogen) atoms. The number of aromatic nitrogens is 1. The summed E-state index contributed by atoms with van der Waals surface area (Å²) in [7, 11) is 0. The van der Waals surface area contributed by atoms with Gasteiger partial charge in [-0.3, -0.25) is 4.79 Å². The molecule has 4 aliphatic carbocycles. The van der Waals surface area contributed by atoms with Crippen molar-refractivity contribution in [3.63, 3.8) is 0 Å². The second-order valence-corrected chi connectivity index (χ2v) is 9.11. The summed E-state index contributed by atoms with van der Waals surface area (Å²) in [6.45, 7) is 2.40. The first-order chi connectivity index (χ1) is 9.96. The summed E-state index contributed by atoms with van der Waals surface area (Å²) in [5.74, 6) is 2.45. The molecule has 5 rings (SSSR count). The molecule has 2 unspecified atom stereocenters. The van der Waals surface area contributed by atoms with Crippen LogP contribution in [0.15, 0.2) is 18.3 Å². The number of carbonyl (C=O) groups is 1. The van der Waals surface area contributed by atoms with Crippen LogP contribution in [0.5, 0.6) is 0 Å². The van der Waals surface area contributed by atoms with Crippen molar-refractivity contribution in [3.05, 3.63) is 21.9 Å². The molecule has 1 N–H and O–H groups in total. The SMILES string of the molecule is CC12CC3CC(C1)CC(C(=O)Nc1ccc(I)cn1)(C3)C2. The molecule has 4 saturated carbocycles. The Bertz CT molecular complexity index is 569. The van der Waals surface area contributed by atoms with Gasteiger partial charge in [-0.15, -0.1) is 0 Å². The molecule has 4 fully saturated rings. The molecule has 1 amide bonds. The standard InChI is InChI=1S/C17H21IN2O/c1-16-5-11-4-12(6-16)8-17(7-11,10-16)15(21)20-14-3-2-13(18)9-19-14/h2-3,9,11-12H,4-8,10H2,1H3,(H,19,20,21). The quantitative estimate of drug-likeness (QED) is 0.761. The normalized spacial score (nSPS) is 40.3. The van der Waals surface area contributed by atoms with E-state index in [2.05, 4.69) is 39.8 Å². The highest BCUT2D eigenvalue weighted by atomic mass is 127. The minimum Gasteiger partial charge on any atom is -0.310 e. The predicted octanol–water partition coefficient (Wildman–Crippen LogP) is 4.23. The lowest BCUT2D eigenvalue weighted by atomic mass is 9.44. The van der Waals surface area contributed by atoms with Crippen LogP contribution >= 0.6 is 22.6 Å². The van der Waals surface area contributed by atoms with Crippen molar-refractivity contribution in [2.24, 2.45) is 22.7 Å². The lowest BCUT2D eigenvalue weighted by Crippen LogP contribution is -2.55. The molecule has 4 heteroatoms. The third-order valence-electron chi connectivity index (χ3n) is 5.80. The van der Waals surface area contributed by atoms with Crippen molar-refractivity contribution in [1.82, 2.24) is 4.98 Å². The van der Waals surface area contributed by atoms with Gasteiger partial charge in [0, 0.05) is 9.77 Å². The number of pyridine rings is 1. The number of anilines is 1. The number of carbonyl (C=O) groups excluding carboxylic acids is 1. The van der Waals surface area contributed by atoms with E-state index in [4.69, 9.17) is 0 Å². The van der Waals surface area contributed by atoms with Crippen LogP contribution in [0.1, 0.15) is 45.4 Å². The summed E-state index contributed by atoms with van der Waals surface area (Å²) in [5, 5.41) is 3.09. The topological polar surface area (TPSA) is 42.0 Å². The number of amides is 1. The van der Waals surface area contributed by atoms with Crippen molar-refractivity contribution in [2.75, 3.05) is 5.32 Å². The summed E-state index contributed by atoms with van der Waals surface area (Å²) >= 11 is 2.23. The minimum absolute atomic E-state index is 0.122. The van der Waals surface area contributed by atoms with Gasteiger partial charge in [0.15, 0.2) is 0 Å². The molecular weight excluding hydrogens is 375 g/mol. The van der Waals surface area contributed by atoms with Gasteiger partial charge in [0.05, 0.1) is 5.41 Å². The Labute approximate surface area is 139 Å². The number of rotatable bonds is 2. The Balaban J connectivity index is 1.57. The first-order valence-corrected chi connectivity index (χ1v) is 8.97. The smallest absolute Gasteiger partial charge is 0.231 e. The fraction of sp³-hybridized carbons (Fsp3) is 0.647. The van der Waals surface area contributed by atoms with E-state index in [1.54, 1.807) is 6.20 Å². The van der Waals surface area contributed by atoms with Crippen LogP contribution in [0, 0.1) is 26.2 Å². The van der Waals surface area contributed by atoms with E-state index in [1.165, 1.54) is 19.3 Å². The molecule has 0 spiro atoms. The summed E-state index contributed by atoms with van der Waals surface area (Å²) < 4.78 is 1.09. The molecule has 1 aromatic rings. The first-order valence-electron chi connectivity index (χ1n) is 7.90. The Morgan fingerprint density at radius 2 is 2.00 bits per heavy atom. The molecule has 0 aliphatic heterocycles. The average Bonchev–Trinajstić information content (AvgIpc) is 2.38. The summed E-state index contributed by atoms with van der Waals surface area (Å²) in [4.78, 5) is 17.3. The fourth-order valence-electron chi connectivity index (χ4n) is 5.68. The number of halogens is 1. The van der Waals surface area contributed by atoms with Gasteiger partial charge >= 0.3 is 0 Å². The zero-order valence-electron chi connectivity index (χ0n) is 12.4. The molecule has 112 valence electrons. The Kier molecular flexibility index (Phi) is 3.11. The van der Waals surface area contributed by atoms with Crippen LogP contribution in [0.4, 0.5) is 5.82 Å². The summed E-state index contributed by atoms with van der Waals surface area (Å²) in [6, 6.07) is 3.89. The second kappa shape index (κ2) is 4.67. The van der Waals surface area contributed by atoms with Gasteiger partial charge in [-0.1, -0.05) is 6.92 Å². The van der Waals surface area contributed by atoms with Gasteiger partial charge < -0.3 is 5.32 Å². The molecule has 0 saturated heterocycles. The maximum atomic E-state index is 12.9. The number of nitrogens with one attached hydrogen (secondary N) is 1. The number of hydrogen-bond donors (Lipinski definition) is 1. The molecular formula is C17H21IN2O. The van der Waals surface area contributed by atoms with Crippen molar-refractivity contribution in [2.45, 2.75) is 45.4 Å². The van der Waals surface area contributed by atoms with E-state index in [0.717, 1.165) is 34.7 Å². The maximum absolute atomic E-state index is 12.9. The van der Waals surface area contributed by atoms with Crippen molar-refractivity contribution in [3.8, 4) is 0 Å². The number of hydrogen-bond acceptors (Lipinski definition) is 2. The largest absolute Gasteiger partial charge is 0.310 e. The van der Waals surface area contributed by atoms with Gasteiger partial charge in [-0.05, 0) is 90.5 Å². The van der Waals surface area contributed by atoms with Crippen LogP contribution in [-0.4, -0.2) is 10.9 Å². The lowest BCUT2D eigenvalue weighted by molar-refractivity contribution is -0.149. The average molecular weight is 396 g/mol. The minimum atomic E-state index is -0.122. The number of nitrogens with zero attached hydrogens (tertiary/aromatic N) is 1. The van der Waals surface area contributed by atoms with Crippen molar-refractivity contribution >= 4 is 34.3 Å². The summed E-state index contributed by atoms with van der Waals surface area (Å²) in [5.41, 5.74) is 0.282. The van der Waals surface area contributed by atoms with E-state index in [9.17, 15) is 4.79 Å². The van der Waals surface area contributed by atoms with Crippen LogP contribution in [0.2, 0.25) is 0 Å². The molecule has 3 nitrogen and oxygen atoms in total. The second-order valence-electron chi connectivity index (χ2n) is 7.87. The van der Waals surface area contributed by atoms with Crippen molar-refractivity contribution < 1.29 is 4.79 Å². The van der Waals surface area contributed by atoms with Crippen LogP contribution in [0.25, 0.3) is 0 Å². The summed E-state index contributed by atoms with van der Waals surface area (Å²) in [6.07, 6.45) is 9.08. The molecule has 4 bridgehead atoms. The van der Waals surface area contributed by atoms with Gasteiger partial charge in [0.1, 0.15) is 5.82 Å². The zero-order valence-corrected chi connectivity index (χ0v) is 14.5. The van der Waals surface area contributed by atoms with Crippen LogP contribution in [0.3, 0.4) is 0 Å². The first kappa shape index (κ1) is 14.0. The zero-order chi connectivity index (χ0) is 14.7. The highest BCUT2D eigenvalue weighted by Crippen LogP contribution is 2.65. The van der Waals surface area contributed by atoms with Crippen molar-refractivity contribution in [1.29, 1.82) is 0 Å². The van der Waals surface area contributed by atoms with E-state index in [1.807, 2.05) is 12.1 Å². The molecule has 4 aliphatic rings. The monoisotopic (exact) mass is 396 g/mol. The van der Waals surface area contributed by atoms with E-state index >= 15 is 0 Å². The highest BCUT2D eigenvalue weighted by Gasteiger charge is 2.58. The van der Waals surface area contributed by atoms with Gasteiger partial charge in [-0.25, -0.2) is 4.98 Å². The Morgan fingerprint density at radius 1 is 1.29 bits per heavy atom. The molecule has 0 radical (unpaired) electrons. The molecule has 1 aromatic heterocycles. The lowest BCUT2D eigenvalue weighted by Gasteiger charge is -2.60. The van der Waals surface area contributed by atoms with E-state index in [-0.39, 0.29) is 11.3 Å². The van der Waals surface area contributed by atoms with Crippen LogP contribution < -0.4 is 5.32 Å². The Hall–Kier alpha value is -0.650. The van der Waals surface area contributed by atoms with E-state index < -0.39 is 0 Å². The third kappa shape index (κ3) is 2.39. The maximum Gasteiger partial charge on any atom is 0.231 e. The fourth-order valence-corrected chi connectivity index (χ4v) is 6.00. The van der Waals surface area contributed by atoms with Gasteiger partial charge in [0.2, 0.25) is 5.91 Å². The highest BCUT2D eigenvalue weighted by molar-refractivity contribution is 14.1. The van der Waals surface area contributed by atoms with Gasteiger partial charge in [0.25, 0.3) is 0 Å². The van der Waals surface area contributed by atoms with E-state index in [0.29, 0.717) is 11.2 Å². The van der Waals surface area contributed by atoms with Gasteiger partial charge in [-0.2, -0.15) is 0 Å². The molecule has 0 aromatic carbocycles. The predicted molar refractivity (Wildman–Crippen MR) is 90.8 cm³/mol. The van der Waals surface area contributed by atoms with Crippen LogP contribution in [-0.2, 0) is 4.79 Å². The third-order valence-corrected chi connectivity index (χ3v) is 6.44. The molecule has 1 heterocycles.